The SMILES string of the molecule is C=C(C)c1ccc(-c2c#cccc2C)cc1. The van der Waals surface area contributed by atoms with Crippen LogP contribution >= 0.6 is 0 Å². The minimum Gasteiger partial charge on any atom is -0.0955 e. The molecule has 0 N–H and O–H groups in total. The zero-order valence-corrected chi connectivity index (χ0v) is 9.67. The first-order valence-corrected chi connectivity index (χ1v) is 5.34. The molecule has 0 aliphatic carbocycles. The molecule has 0 amide bonds. The molecular formula is C16H14. The van der Waals surface area contributed by atoms with E-state index >= 15 is 0 Å². The number of rotatable bonds is 2. The average Bonchev–Trinajstić information content (AvgIpc) is 2.30. The van der Waals surface area contributed by atoms with Gasteiger partial charge in [0.1, 0.15) is 0 Å². The molecule has 0 aliphatic heterocycles. The van der Waals surface area contributed by atoms with Crippen LogP contribution in [-0.2, 0) is 0 Å². The fourth-order valence-electron chi connectivity index (χ4n) is 1.68. The van der Waals surface area contributed by atoms with Gasteiger partial charge in [-0.15, -0.1) is 0 Å². The van der Waals surface area contributed by atoms with Gasteiger partial charge >= 0.3 is 0 Å². The van der Waals surface area contributed by atoms with E-state index in [1.807, 2.05) is 13.0 Å². The molecule has 2 rings (SSSR count). The lowest BCUT2D eigenvalue weighted by molar-refractivity contribution is 1.46. The maximum absolute atomic E-state index is 3.93. The maximum Gasteiger partial charge on any atom is 0.0350 e. The lowest BCUT2D eigenvalue weighted by Gasteiger charge is -2.04. The Morgan fingerprint density at radius 3 is 2.38 bits per heavy atom. The molecule has 0 heterocycles. The summed E-state index contributed by atoms with van der Waals surface area (Å²) in [5.74, 6) is 0. The molecule has 0 fully saturated rings. The summed E-state index contributed by atoms with van der Waals surface area (Å²) in [4.78, 5) is 0. The molecule has 0 radical (unpaired) electrons. The van der Waals surface area contributed by atoms with Crippen molar-refractivity contribution >= 4 is 5.57 Å². The van der Waals surface area contributed by atoms with E-state index in [0.717, 1.165) is 11.1 Å². The van der Waals surface area contributed by atoms with Crippen molar-refractivity contribution in [2.75, 3.05) is 0 Å². The molecule has 0 spiro atoms. The number of allylic oxidation sites excluding steroid dienone is 1. The third-order valence-electron chi connectivity index (χ3n) is 2.67. The van der Waals surface area contributed by atoms with E-state index in [9.17, 15) is 0 Å². The molecule has 0 saturated carbocycles. The van der Waals surface area contributed by atoms with Crippen molar-refractivity contribution in [2.45, 2.75) is 13.8 Å². The molecule has 0 nitrogen and oxygen atoms in total. The molecule has 78 valence electrons. The Hall–Kier alpha value is -2.00. The van der Waals surface area contributed by atoms with Crippen LogP contribution in [0.1, 0.15) is 18.1 Å². The summed E-state index contributed by atoms with van der Waals surface area (Å²) < 4.78 is 0. The van der Waals surface area contributed by atoms with Gasteiger partial charge < -0.3 is 0 Å². The molecule has 0 atom stereocenters. The summed E-state index contributed by atoms with van der Waals surface area (Å²) >= 11 is 0. The van der Waals surface area contributed by atoms with Crippen LogP contribution < -0.4 is 0 Å². The van der Waals surface area contributed by atoms with Crippen LogP contribution in [0.4, 0.5) is 0 Å². The van der Waals surface area contributed by atoms with E-state index in [1.54, 1.807) is 0 Å². The molecule has 16 heavy (non-hydrogen) atoms. The molecule has 0 bridgehead atoms. The van der Waals surface area contributed by atoms with Gasteiger partial charge in [-0.3, -0.25) is 0 Å². The number of benzene rings is 1. The highest BCUT2D eigenvalue weighted by Crippen LogP contribution is 2.22. The predicted octanol–water partition coefficient (Wildman–Crippen LogP) is 4.30. The van der Waals surface area contributed by atoms with Crippen LogP contribution in [0.25, 0.3) is 16.7 Å². The first-order chi connectivity index (χ1) is 7.68. The second-order valence-corrected chi connectivity index (χ2v) is 4.02. The van der Waals surface area contributed by atoms with Gasteiger partial charge in [0.05, 0.1) is 0 Å². The van der Waals surface area contributed by atoms with Crippen molar-refractivity contribution in [1.82, 2.24) is 0 Å². The van der Waals surface area contributed by atoms with Crippen molar-refractivity contribution in [3.05, 3.63) is 66.2 Å². The largest absolute Gasteiger partial charge is 0.0955 e. The van der Waals surface area contributed by atoms with Crippen molar-refractivity contribution in [1.29, 1.82) is 0 Å². The molecule has 0 aliphatic rings. The number of hydrogen-bond donors (Lipinski definition) is 0. The van der Waals surface area contributed by atoms with Gasteiger partial charge in [0.2, 0.25) is 0 Å². The third-order valence-corrected chi connectivity index (χ3v) is 2.67. The van der Waals surface area contributed by atoms with Gasteiger partial charge in [-0.2, -0.15) is 0 Å². The monoisotopic (exact) mass is 206 g/mol. The van der Waals surface area contributed by atoms with Gasteiger partial charge in [0.15, 0.2) is 0 Å². The summed E-state index contributed by atoms with van der Waals surface area (Å²) in [6.07, 6.45) is 0. The first-order valence-electron chi connectivity index (χ1n) is 5.34. The fraction of sp³-hybridized carbons (Fsp3) is 0.125. The van der Waals surface area contributed by atoms with E-state index < -0.39 is 0 Å². The molecule has 0 aromatic heterocycles. The van der Waals surface area contributed by atoms with Crippen molar-refractivity contribution in [3.8, 4) is 11.1 Å². The van der Waals surface area contributed by atoms with Crippen molar-refractivity contribution in [3.63, 3.8) is 0 Å². The molecular weight excluding hydrogens is 192 g/mol. The highest BCUT2D eigenvalue weighted by atomic mass is 14.0. The van der Waals surface area contributed by atoms with E-state index in [0.29, 0.717) is 0 Å². The molecule has 2 aromatic rings. The summed E-state index contributed by atoms with van der Waals surface area (Å²) in [7, 11) is 0. The van der Waals surface area contributed by atoms with Crippen LogP contribution in [0.3, 0.4) is 0 Å². The van der Waals surface area contributed by atoms with Crippen LogP contribution in [0, 0.1) is 19.1 Å². The van der Waals surface area contributed by atoms with Crippen LogP contribution in [0.5, 0.6) is 0 Å². The van der Waals surface area contributed by atoms with E-state index in [-0.39, 0.29) is 0 Å². The maximum atomic E-state index is 3.93. The molecule has 0 heteroatoms. The number of aryl methyl sites for hydroxylation is 1. The Balaban J connectivity index is 2.43. The highest BCUT2D eigenvalue weighted by molar-refractivity contribution is 5.69. The van der Waals surface area contributed by atoms with Gasteiger partial charge in [-0.25, -0.2) is 0 Å². The minimum absolute atomic E-state index is 1.09. The standard InChI is InChI=1S/C16H14/c1-12(2)14-8-10-15(11-9-14)16-7-5-4-6-13(16)3/h4,6,8-11H,1H2,2-3H3. The second kappa shape index (κ2) is 4.24. The summed E-state index contributed by atoms with van der Waals surface area (Å²) in [6, 6.07) is 18.5. The van der Waals surface area contributed by atoms with Gasteiger partial charge in [0, 0.05) is 5.56 Å². The lowest BCUT2D eigenvalue weighted by Crippen LogP contribution is -1.82. The Kier molecular flexibility index (Phi) is 2.79. The quantitative estimate of drug-likeness (QED) is 0.687. The molecule has 0 saturated heterocycles. The van der Waals surface area contributed by atoms with Gasteiger partial charge in [-0.1, -0.05) is 48.6 Å². The Morgan fingerprint density at radius 2 is 1.81 bits per heavy atom. The smallest absolute Gasteiger partial charge is 0.0350 e. The summed E-state index contributed by atoms with van der Waals surface area (Å²) in [5, 5.41) is 0. The Bertz CT molecular complexity index is 504. The van der Waals surface area contributed by atoms with Crippen LogP contribution in [0.15, 0.2) is 43.0 Å². The first kappa shape index (κ1) is 10.5. The van der Waals surface area contributed by atoms with Crippen molar-refractivity contribution < 1.29 is 0 Å². The highest BCUT2D eigenvalue weighted by Gasteiger charge is 2.00. The fourth-order valence-corrected chi connectivity index (χ4v) is 1.68. The van der Waals surface area contributed by atoms with Crippen LogP contribution in [0.2, 0.25) is 0 Å². The Morgan fingerprint density at radius 1 is 1.12 bits per heavy atom. The van der Waals surface area contributed by atoms with Gasteiger partial charge in [-0.05, 0) is 42.7 Å². The zero-order chi connectivity index (χ0) is 11.5. The summed E-state index contributed by atoms with van der Waals surface area (Å²) in [5.41, 5.74) is 5.80. The zero-order valence-electron chi connectivity index (χ0n) is 9.67. The Labute approximate surface area is 97.3 Å². The third kappa shape index (κ3) is 1.99. The van der Waals surface area contributed by atoms with E-state index in [4.69, 9.17) is 0 Å². The minimum atomic E-state index is 1.09. The van der Waals surface area contributed by atoms with Gasteiger partial charge in [0.25, 0.3) is 0 Å². The lowest BCUT2D eigenvalue weighted by atomic mass is 10.00. The molecule has 0 unspecified atom stereocenters. The topological polar surface area (TPSA) is 0 Å². The molecule has 2 aromatic carbocycles. The summed E-state index contributed by atoms with van der Waals surface area (Å²) in [6.45, 7) is 8.04. The van der Waals surface area contributed by atoms with Crippen molar-refractivity contribution in [2.24, 2.45) is 0 Å². The van der Waals surface area contributed by atoms with Crippen LogP contribution in [-0.4, -0.2) is 0 Å². The van der Waals surface area contributed by atoms with E-state index in [1.165, 1.54) is 16.7 Å². The number of hydrogen-bond acceptors (Lipinski definition) is 0. The van der Waals surface area contributed by atoms with E-state index in [2.05, 4.69) is 56.0 Å². The second-order valence-electron chi connectivity index (χ2n) is 4.02. The normalized spacial score (nSPS) is 9.62. The predicted molar refractivity (Wildman–Crippen MR) is 69.0 cm³/mol. The average molecular weight is 206 g/mol.